The standard InChI is InChI=1S/C6H10ClO.H3N.2W/c1-4-6(3,7)5(2)8;;;/h4H,1-3H3;1H3;;/q-1;;;. The molecule has 1 unspecified atom stereocenters. The van der Waals surface area contributed by atoms with Crippen molar-refractivity contribution >= 4 is 17.4 Å². The minimum atomic E-state index is -0.750. The van der Waals surface area contributed by atoms with Gasteiger partial charge in [-0.25, -0.2) is 0 Å². The number of carbonyl (C=O) groups excluding carboxylic acids is 1. The van der Waals surface area contributed by atoms with Crippen molar-refractivity contribution in [1.82, 2.24) is 6.15 Å². The predicted octanol–water partition coefficient (Wildman–Crippen LogP) is 1.95. The van der Waals surface area contributed by atoms with Crippen LogP contribution in [0, 0.1) is 6.42 Å². The van der Waals surface area contributed by atoms with Gasteiger partial charge in [0.25, 0.3) is 0 Å². The van der Waals surface area contributed by atoms with E-state index in [-0.39, 0.29) is 54.1 Å². The molecule has 0 radical (unpaired) electrons. The zero-order chi connectivity index (χ0) is 6.78. The van der Waals surface area contributed by atoms with Gasteiger partial charge in [0.1, 0.15) is 5.78 Å². The van der Waals surface area contributed by atoms with Gasteiger partial charge in [0.2, 0.25) is 0 Å². The summed E-state index contributed by atoms with van der Waals surface area (Å²) in [6.45, 7) is 4.93. The van der Waals surface area contributed by atoms with Gasteiger partial charge in [-0.2, -0.15) is 6.92 Å². The molecule has 5 heteroatoms. The molecule has 0 bridgehead atoms. The maximum absolute atomic E-state index is 10.5. The van der Waals surface area contributed by atoms with E-state index < -0.39 is 4.87 Å². The summed E-state index contributed by atoms with van der Waals surface area (Å²) in [5.74, 6) is -0.0123. The van der Waals surface area contributed by atoms with E-state index in [1.165, 1.54) is 6.92 Å². The van der Waals surface area contributed by atoms with Crippen LogP contribution < -0.4 is 6.15 Å². The monoisotopic (exact) mass is 518 g/mol. The first kappa shape index (κ1) is 22.8. The number of alkyl halides is 1. The molecule has 3 N–H and O–H groups in total. The molecule has 11 heavy (non-hydrogen) atoms. The Kier molecular flexibility index (Phi) is 19.5. The van der Waals surface area contributed by atoms with Crippen LogP contribution in [0.15, 0.2) is 0 Å². The Bertz CT molecular complexity index is 109. The number of carbonyl (C=O) groups is 1. The number of hydrogen-bond donors (Lipinski definition) is 1. The zero-order valence-electron chi connectivity index (χ0n) is 6.89. The molecule has 0 amide bonds. The summed E-state index contributed by atoms with van der Waals surface area (Å²) in [4.78, 5) is 9.78. The molecule has 0 rings (SSSR count). The van der Waals surface area contributed by atoms with Crippen molar-refractivity contribution in [2.45, 2.75) is 25.6 Å². The molecule has 0 aliphatic heterocycles. The molecule has 2 nitrogen and oxygen atoms in total. The van der Waals surface area contributed by atoms with Crippen LogP contribution in [0.3, 0.4) is 0 Å². The van der Waals surface area contributed by atoms with Crippen molar-refractivity contribution in [1.29, 1.82) is 0 Å². The Balaban J connectivity index is -0.0000000817. The van der Waals surface area contributed by atoms with E-state index in [0.717, 1.165) is 0 Å². The van der Waals surface area contributed by atoms with Crippen molar-refractivity contribution in [2.75, 3.05) is 0 Å². The number of rotatable bonds is 2. The molecule has 0 aromatic carbocycles. The molecule has 0 aliphatic rings. The fourth-order valence-electron chi connectivity index (χ4n) is 0.203. The molecule has 68 valence electrons. The molecular formula is C6H13ClNOW2-. The van der Waals surface area contributed by atoms with E-state index in [0.29, 0.717) is 0 Å². The van der Waals surface area contributed by atoms with Crippen molar-refractivity contribution in [2.24, 2.45) is 0 Å². The molecule has 1 atom stereocenters. The van der Waals surface area contributed by atoms with Crippen LogP contribution in [-0.2, 0) is 46.9 Å². The van der Waals surface area contributed by atoms with E-state index in [1.54, 1.807) is 20.3 Å². The van der Waals surface area contributed by atoms with Gasteiger partial charge in [-0.1, -0.05) is 6.92 Å². The first-order valence-corrected chi connectivity index (χ1v) is 2.89. The van der Waals surface area contributed by atoms with Gasteiger partial charge in [-0.05, 0) is 11.8 Å². The van der Waals surface area contributed by atoms with E-state index in [2.05, 4.69) is 0 Å². The van der Waals surface area contributed by atoms with Crippen LogP contribution in [0.4, 0.5) is 0 Å². The van der Waals surface area contributed by atoms with Crippen LogP contribution in [0.1, 0.15) is 20.8 Å². The summed E-state index contributed by atoms with van der Waals surface area (Å²) in [5.41, 5.74) is 0. The molecule has 0 aromatic rings. The minimum absolute atomic E-state index is 0. The number of ketones is 1. The van der Waals surface area contributed by atoms with Gasteiger partial charge in [-0.15, -0.1) is 11.6 Å². The van der Waals surface area contributed by atoms with Crippen molar-refractivity contribution < 1.29 is 46.9 Å². The molecule has 0 aromatic heterocycles. The summed E-state index contributed by atoms with van der Waals surface area (Å²) >= 11 is 5.65. The molecule has 0 saturated carbocycles. The molecular weight excluding hydrogens is 505 g/mol. The van der Waals surface area contributed by atoms with Crippen LogP contribution in [0.2, 0.25) is 0 Å². The Hall–Kier alpha value is 1.30. The fourth-order valence-corrected chi connectivity index (χ4v) is 0.203. The third-order valence-electron chi connectivity index (χ3n) is 1.23. The van der Waals surface area contributed by atoms with Gasteiger partial charge in [-0.3, -0.25) is 0 Å². The van der Waals surface area contributed by atoms with Gasteiger partial charge >= 0.3 is 0 Å². The molecule has 0 aliphatic carbocycles. The van der Waals surface area contributed by atoms with Crippen molar-refractivity contribution in [3.05, 3.63) is 6.42 Å². The first-order valence-electron chi connectivity index (χ1n) is 2.51. The average molecular weight is 518 g/mol. The van der Waals surface area contributed by atoms with Crippen molar-refractivity contribution in [3.8, 4) is 0 Å². The van der Waals surface area contributed by atoms with E-state index in [1.807, 2.05) is 0 Å². The largest absolute Gasteiger partial charge is 0.344 e. The summed E-state index contributed by atoms with van der Waals surface area (Å²) in [6.07, 6.45) is 1.68. The zero-order valence-corrected chi connectivity index (χ0v) is 13.5. The Morgan fingerprint density at radius 1 is 1.45 bits per heavy atom. The smallest absolute Gasteiger partial charge is 0.120 e. The van der Waals surface area contributed by atoms with E-state index in [4.69, 9.17) is 11.6 Å². The number of hydrogen-bond acceptors (Lipinski definition) is 2. The van der Waals surface area contributed by atoms with Gasteiger partial charge in [0.05, 0.1) is 0 Å². The topological polar surface area (TPSA) is 52.1 Å². The molecule has 0 spiro atoms. The van der Waals surface area contributed by atoms with Gasteiger partial charge in [0.15, 0.2) is 0 Å². The normalized spacial score (nSPS) is 12.7. The fraction of sp³-hybridized carbons (Fsp3) is 0.667. The second-order valence-corrected chi connectivity index (χ2v) is 2.71. The Morgan fingerprint density at radius 2 is 1.73 bits per heavy atom. The van der Waals surface area contributed by atoms with E-state index in [9.17, 15) is 4.79 Å². The van der Waals surface area contributed by atoms with Crippen LogP contribution >= 0.6 is 11.6 Å². The van der Waals surface area contributed by atoms with Crippen LogP contribution in [-0.4, -0.2) is 10.7 Å². The second-order valence-electron chi connectivity index (χ2n) is 1.92. The summed E-state index contributed by atoms with van der Waals surface area (Å²) in [6, 6.07) is 0. The van der Waals surface area contributed by atoms with E-state index >= 15 is 0 Å². The molecule has 0 heterocycles. The SMILES string of the molecule is C[CH-]C(C)(Cl)C(C)=O.N.[W].[W]. The maximum Gasteiger partial charge on any atom is 0.120 e. The Morgan fingerprint density at radius 3 is 1.73 bits per heavy atom. The maximum atomic E-state index is 10.5. The van der Waals surface area contributed by atoms with Crippen LogP contribution in [0.5, 0.6) is 0 Å². The second kappa shape index (κ2) is 9.39. The first-order chi connectivity index (χ1) is 3.50. The Labute approximate surface area is 102 Å². The number of Topliss-reactive ketones (excluding diaryl/α,β-unsaturated/α-hetero) is 1. The van der Waals surface area contributed by atoms with Gasteiger partial charge < -0.3 is 17.4 Å². The predicted molar refractivity (Wildman–Crippen MR) is 39.9 cm³/mol. The third kappa shape index (κ3) is 9.21. The molecule has 0 saturated heterocycles. The number of halogens is 1. The van der Waals surface area contributed by atoms with Crippen LogP contribution in [0.25, 0.3) is 0 Å². The van der Waals surface area contributed by atoms with Gasteiger partial charge in [0, 0.05) is 42.1 Å². The van der Waals surface area contributed by atoms with Crippen molar-refractivity contribution in [3.63, 3.8) is 0 Å². The third-order valence-corrected chi connectivity index (χ3v) is 1.71. The quantitative estimate of drug-likeness (QED) is 0.449. The summed E-state index contributed by atoms with van der Waals surface area (Å²) < 4.78 is 0. The summed E-state index contributed by atoms with van der Waals surface area (Å²) in [5, 5.41) is 0. The minimum Gasteiger partial charge on any atom is -0.344 e. The average Bonchev–Trinajstić information content (AvgIpc) is 1.67. The molecule has 0 fully saturated rings. The summed E-state index contributed by atoms with van der Waals surface area (Å²) in [7, 11) is 0.